The van der Waals surface area contributed by atoms with E-state index in [2.05, 4.69) is 36.4 Å². The quantitative estimate of drug-likeness (QED) is 0.435. The fraction of sp³-hybridized carbons (Fsp3) is 0.250. The Morgan fingerprint density at radius 2 is 1.68 bits per heavy atom. The predicted molar refractivity (Wildman–Crippen MR) is 75.0 cm³/mol. The van der Waals surface area contributed by atoms with Crippen molar-refractivity contribution in [2.75, 3.05) is 11.5 Å². The Morgan fingerprint density at radius 1 is 1.00 bits per heavy atom. The first-order valence-electron chi connectivity index (χ1n) is 6.30. The van der Waals surface area contributed by atoms with Crippen molar-refractivity contribution in [2.24, 2.45) is 3.95 Å². The Bertz CT molecular complexity index is 528. The number of hydrogen-bond acceptors (Lipinski definition) is 2. The van der Waals surface area contributed by atoms with Crippen LogP contribution in [0.4, 0.5) is 0 Å². The molecule has 0 fully saturated rings. The van der Waals surface area contributed by atoms with E-state index < -0.39 is 0 Å². The monoisotopic (exact) mass is 368 g/mol. The number of alkyl halides is 1. The molecular formula is C16H19INO-. The van der Waals surface area contributed by atoms with Crippen LogP contribution in [0.3, 0.4) is 0 Å². The maximum absolute atomic E-state index is 5.67. The van der Waals surface area contributed by atoms with Gasteiger partial charge in [-0.15, -0.1) is 0 Å². The number of benzene rings is 2. The van der Waals surface area contributed by atoms with Crippen molar-refractivity contribution in [3.05, 3.63) is 65.2 Å². The van der Waals surface area contributed by atoms with Crippen molar-refractivity contribution in [1.29, 1.82) is 0 Å². The number of nitrogens with two attached hydrogens (primary N) is 1. The van der Waals surface area contributed by atoms with Gasteiger partial charge < -0.3 is 0 Å². The van der Waals surface area contributed by atoms with E-state index in [1.807, 2.05) is 12.1 Å². The summed E-state index contributed by atoms with van der Waals surface area (Å²) >= 11 is -0.101. The van der Waals surface area contributed by atoms with Gasteiger partial charge in [-0.25, -0.2) is 0 Å². The summed E-state index contributed by atoms with van der Waals surface area (Å²) in [6.07, 6.45) is 2.05. The Kier molecular flexibility index (Phi) is 5.66. The molecule has 2 nitrogen and oxygen atoms in total. The van der Waals surface area contributed by atoms with Crippen LogP contribution in [0, 0.1) is 0 Å². The van der Waals surface area contributed by atoms with Crippen LogP contribution in [0.1, 0.15) is 16.7 Å². The third kappa shape index (κ3) is 4.51. The van der Waals surface area contributed by atoms with Crippen LogP contribution in [0.25, 0.3) is 0 Å². The summed E-state index contributed by atoms with van der Waals surface area (Å²) in [5, 5.41) is 0. The zero-order valence-electron chi connectivity index (χ0n) is 11.1. The van der Waals surface area contributed by atoms with Crippen LogP contribution in [0.15, 0.2) is 48.5 Å². The van der Waals surface area contributed by atoms with Gasteiger partial charge in [-0.05, 0) is 0 Å². The molecule has 2 rings (SSSR count). The topological polar surface area (TPSA) is 35.2 Å². The van der Waals surface area contributed by atoms with E-state index in [1.165, 1.54) is 16.7 Å². The van der Waals surface area contributed by atoms with Crippen molar-refractivity contribution in [3.8, 4) is 5.75 Å². The van der Waals surface area contributed by atoms with Crippen LogP contribution in [-0.4, -0.2) is 11.5 Å². The Hall–Kier alpha value is -1.07. The molecule has 0 aliphatic heterocycles. The van der Waals surface area contributed by atoms with Gasteiger partial charge in [-0.2, -0.15) is 0 Å². The number of aryl methyl sites for hydroxylation is 1. The summed E-state index contributed by atoms with van der Waals surface area (Å²) in [6, 6.07) is 17.0. The molecule has 0 unspecified atom stereocenters. The molecule has 0 saturated carbocycles. The van der Waals surface area contributed by atoms with E-state index >= 15 is 0 Å². The fourth-order valence-electron chi connectivity index (χ4n) is 2.08. The fourth-order valence-corrected chi connectivity index (χ4v) is 3.01. The molecule has 19 heavy (non-hydrogen) atoms. The van der Waals surface area contributed by atoms with Crippen LogP contribution < -0.4 is 30.2 Å². The van der Waals surface area contributed by atoms with Gasteiger partial charge in [0.05, 0.1) is 0 Å². The van der Waals surface area contributed by atoms with E-state index in [0.29, 0.717) is 0 Å². The summed E-state index contributed by atoms with van der Waals surface area (Å²) in [7, 11) is 1.70. The van der Waals surface area contributed by atoms with Crippen molar-refractivity contribution in [2.45, 2.75) is 12.8 Å². The second-order valence-corrected chi connectivity index (χ2v) is 6.40. The average molecular weight is 368 g/mol. The summed E-state index contributed by atoms with van der Waals surface area (Å²) in [6.45, 7) is 0. The maximum atomic E-state index is 5.67. The van der Waals surface area contributed by atoms with Gasteiger partial charge in [0, 0.05) is 0 Å². The SMILES string of the molecule is COc1cccc(Cc2cccc(CC[I-]N)c2)c1. The summed E-state index contributed by atoms with van der Waals surface area (Å²) < 4.78 is 12.1. The van der Waals surface area contributed by atoms with Gasteiger partial charge in [-0.1, -0.05) is 0 Å². The van der Waals surface area contributed by atoms with Crippen molar-refractivity contribution in [3.63, 3.8) is 0 Å². The number of methoxy groups -OCH3 is 1. The molecule has 0 amide bonds. The van der Waals surface area contributed by atoms with E-state index in [1.54, 1.807) is 7.11 Å². The standard InChI is InChI=1S/C16H19INO/c1-19-16-7-3-6-15(12-16)11-14-5-2-4-13(10-14)8-9-17-18/h2-7,10,12H,8-9,11,18H2,1H3/q-1. The average Bonchev–Trinajstić information content (AvgIpc) is 2.46. The van der Waals surface area contributed by atoms with Gasteiger partial charge in [0.15, 0.2) is 0 Å². The zero-order valence-corrected chi connectivity index (χ0v) is 13.3. The molecule has 0 saturated heterocycles. The van der Waals surface area contributed by atoms with Gasteiger partial charge in [0.1, 0.15) is 0 Å². The van der Waals surface area contributed by atoms with Crippen LogP contribution in [0.2, 0.25) is 0 Å². The first kappa shape index (κ1) is 14.3. The first-order valence-corrected chi connectivity index (χ1v) is 9.07. The van der Waals surface area contributed by atoms with E-state index in [4.69, 9.17) is 8.68 Å². The third-order valence-electron chi connectivity index (χ3n) is 3.03. The molecular weight excluding hydrogens is 349 g/mol. The Balaban J connectivity index is 2.09. The molecule has 0 aliphatic rings. The van der Waals surface area contributed by atoms with E-state index in [-0.39, 0.29) is 21.5 Å². The van der Waals surface area contributed by atoms with Crippen molar-refractivity contribution < 1.29 is 26.2 Å². The summed E-state index contributed by atoms with van der Waals surface area (Å²) in [4.78, 5) is 0. The molecule has 0 spiro atoms. The van der Waals surface area contributed by atoms with Crippen LogP contribution in [-0.2, 0) is 12.8 Å². The second kappa shape index (κ2) is 7.50. The molecule has 0 atom stereocenters. The van der Waals surface area contributed by atoms with E-state index in [0.717, 1.165) is 23.0 Å². The first-order chi connectivity index (χ1) is 9.31. The van der Waals surface area contributed by atoms with Gasteiger partial charge in [-0.3, -0.25) is 0 Å². The Morgan fingerprint density at radius 3 is 2.42 bits per heavy atom. The summed E-state index contributed by atoms with van der Waals surface area (Å²) in [5.41, 5.74) is 4.02. The predicted octanol–water partition coefficient (Wildman–Crippen LogP) is -0.209. The van der Waals surface area contributed by atoms with Crippen molar-refractivity contribution in [1.82, 2.24) is 0 Å². The third-order valence-corrected chi connectivity index (χ3v) is 4.19. The number of ether oxygens (including phenoxy) is 1. The van der Waals surface area contributed by atoms with Crippen LogP contribution >= 0.6 is 0 Å². The van der Waals surface area contributed by atoms with Gasteiger partial charge in [0.2, 0.25) is 0 Å². The molecule has 0 radical (unpaired) electrons. The number of hydrogen-bond donors (Lipinski definition) is 1. The minimum absolute atomic E-state index is 0.101. The molecule has 0 bridgehead atoms. The number of rotatable bonds is 6. The molecule has 2 N–H and O–H groups in total. The summed E-state index contributed by atoms with van der Waals surface area (Å²) in [5.74, 6) is 0.918. The van der Waals surface area contributed by atoms with Crippen molar-refractivity contribution >= 4 is 0 Å². The molecule has 0 aliphatic carbocycles. The number of halogens is 1. The van der Waals surface area contributed by atoms with E-state index in [9.17, 15) is 0 Å². The van der Waals surface area contributed by atoms with Crippen LogP contribution in [0.5, 0.6) is 5.75 Å². The molecule has 0 heterocycles. The van der Waals surface area contributed by atoms with Gasteiger partial charge >= 0.3 is 126 Å². The minimum atomic E-state index is -0.101. The molecule has 2 aromatic rings. The molecule has 0 aromatic heterocycles. The second-order valence-electron chi connectivity index (χ2n) is 4.44. The molecule has 2 aromatic carbocycles. The zero-order chi connectivity index (χ0) is 13.5. The molecule has 102 valence electrons. The molecule has 3 heteroatoms. The van der Waals surface area contributed by atoms with Gasteiger partial charge in [0.25, 0.3) is 0 Å². The normalized spacial score (nSPS) is 10.6. The Labute approximate surface area is 125 Å².